The molecule has 5 rings (SSSR count). The largest absolute Gasteiger partial charge is 0.372 e. The number of rotatable bonds is 5. The van der Waals surface area contributed by atoms with Gasteiger partial charge in [-0.1, -0.05) is 32.9 Å². The highest BCUT2D eigenvalue weighted by atomic mass is 15.6. The first-order valence-corrected chi connectivity index (χ1v) is 12.1. The van der Waals surface area contributed by atoms with Crippen LogP contribution in [-0.2, 0) is 0 Å². The van der Waals surface area contributed by atoms with Crippen LogP contribution < -0.4 is 20.7 Å². The Hall–Kier alpha value is -3.61. The van der Waals surface area contributed by atoms with Crippen LogP contribution in [0.3, 0.4) is 0 Å². The molecular formula is C27H33N7. The van der Waals surface area contributed by atoms with Crippen molar-refractivity contribution in [2.75, 3.05) is 35.0 Å². The third-order valence-electron chi connectivity index (χ3n) is 6.28. The molecule has 1 fully saturated rings. The van der Waals surface area contributed by atoms with E-state index in [1.807, 2.05) is 24.4 Å². The van der Waals surface area contributed by atoms with E-state index in [2.05, 4.69) is 87.8 Å². The van der Waals surface area contributed by atoms with Crippen molar-refractivity contribution in [1.29, 1.82) is 0 Å². The molecule has 7 heteroatoms. The number of hydrogen-bond donors (Lipinski definition) is 2. The summed E-state index contributed by atoms with van der Waals surface area (Å²) < 4.78 is 0. The first kappa shape index (κ1) is 22.2. The van der Waals surface area contributed by atoms with E-state index in [-0.39, 0.29) is 5.41 Å². The highest BCUT2D eigenvalue weighted by Crippen LogP contribution is 2.27. The SMILES string of the molecule is CC(C)(C)C1=NCN(c2ccc(Nc3nccc(-c4cccc(N5CCCCC5)c4)n3)cc2)N1. The topological polar surface area (TPSA) is 68.7 Å². The second-order valence-electron chi connectivity index (χ2n) is 9.97. The van der Waals surface area contributed by atoms with Crippen LogP contribution in [0.1, 0.15) is 40.0 Å². The number of hydrogen-bond acceptors (Lipinski definition) is 7. The maximum Gasteiger partial charge on any atom is 0.227 e. The summed E-state index contributed by atoms with van der Waals surface area (Å²) in [6.07, 6.45) is 5.68. The van der Waals surface area contributed by atoms with Crippen molar-refractivity contribution < 1.29 is 0 Å². The molecule has 2 aliphatic rings. The van der Waals surface area contributed by atoms with Crippen LogP contribution in [0.2, 0.25) is 0 Å². The second kappa shape index (κ2) is 9.33. The smallest absolute Gasteiger partial charge is 0.227 e. The molecule has 176 valence electrons. The molecule has 2 N–H and O–H groups in total. The highest BCUT2D eigenvalue weighted by Gasteiger charge is 2.25. The maximum atomic E-state index is 4.78. The van der Waals surface area contributed by atoms with Gasteiger partial charge in [0.05, 0.1) is 11.4 Å². The lowest BCUT2D eigenvalue weighted by Gasteiger charge is -2.29. The van der Waals surface area contributed by atoms with Crippen LogP contribution in [0.5, 0.6) is 0 Å². The Morgan fingerprint density at radius 2 is 1.71 bits per heavy atom. The third kappa shape index (κ3) is 4.98. The lowest BCUT2D eigenvalue weighted by molar-refractivity contribution is 0.572. The molecule has 3 heterocycles. The average molecular weight is 456 g/mol. The molecule has 0 bridgehead atoms. The average Bonchev–Trinajstić information content (AvgIpc) is 3.37. The van der Waals surface area contributed by atoms with E-state index >= 15 is 0 Å². The van der Waals surface area contributed by atoms with Crippen LogP contribution in [0.4, 0.5) is 23.0 Å². The molecule has 2 aliphatic heterocycles. The minimum atomic E-state index is 0.00585. The molecule has 0 amide bonds. The molecule has 1 aromatic heterocycles. The molecule has 0 unspecified atom stereocenters. The van der Waals surface area contributed by atoms with E-state index in [0.29, 0.717) is 12.6 Å². The minimum Gasteiger partial charge on any atom is -0.372 e. The molecule has 0 spiro atoms. The van der Waals surface area contributed by atoms with Crippen molar-refractivity contribution in [1.82, 2.24) is 15.4 Å². The highest BCUT2D eigenvalue weighted by molar-refractivity contribution is 5.90. The molecule has 0 saturated carbocycles. The summed E-state index contributed by atoms with van der Waals surface area (Å²) >= 11 is 0. The second-order valence-corrected chi connectivity index (χ2v) is 9.97. The quantitative estimate of drug-likeness (QED) is 0.522. The molecule has 0 radical (unpaired) electrons. The van der Waals surface area contributed by atoms with Crippen molar-refractivity contribution in [2.24, 2.45) is 10.4 Å². The predicted octanol–water partition coefficient (Wildman–Crippen LogP) is 5.60. The minimum absolute atomic E-state index is 0.00585. The van der Waals surface area contributed by atoms with Gasteiger partial charge in [-0.15, -0.1) is 0 Å². The first-order valence-electron chi connectivity index (χ1n) is 12.1. The fourth-order valence-electron chi connectivity index (χ4n) is 4.34. The van der Waals surface area contributed by atoms with Crippen molar-refractivity contribution in [2.45, 2.75) is 40.0 Å². The molecule has 34 heavy (non-hydrogen) atoms. The van der Waals surface area contributed by atoms with Gasteiger partial charge in [0.1, 0.15) is 12.5 Å². The van der Waals surface area contributed by atoms with E-state index in [0.717, 1.165) is 41.6 Å². The number of benzene rings is 2. The number of hydrazine groups is 1. The molecule has 7 nitrogen and oxygen atoms in total. The molecule has 2 aromatic carbocycles. The van der Waals surface area contributed by atoms with Gasteiger partial charge in [-0.25, -0.2) is 15.0 Å². The number of anilines is 4. The van der Waals surface area contributed by atoms with Crippen molar-refractivity contribution in [3.05, 3.63) is 60.8 Å². The summed E-state index contributed by atoms with van der Waals surface area (Å²) in [5, 5.41) is 5.40. The number of amidine groups is 1. The maximum absolute atomic E-state index is 4.78. The zero-order valence-electron chi connectivity index (χ0n) is 20.3. The third-order valence-corrected chi connectivity index (χ3v) is 6.28. The predicted molar refractivity (Wildman–Crippen MR) is 141 cm³/mol. The van der Waals surface area contributed by atoms with Crippen LogP contribution in [0.15, 0.2) is 65.8 Å². The monoisotopic (exact) mass is 455 g/mol. The Kier molecular flexibility index (Phi) is 6.09. The Balaban J connectivity index is 1.27. The van der Waals surface area contributed by atoms with Crippen LogP contribution in [0, 0.1) is 5.41 Å². The standard InChI is InChI=1S/C27H33N7/c1-27(2,3)25-29-19-34(32-25)22-12-10-21(11-13-22)30-26-28-15-14-24(31-26)20-8-7-9-23(18-20)33-16-5-4-6-17-33/h7-15,18H,4-6,16-17,19H2,1-3H3,(H,29,32)(H,28,30,31). The normalized spacial score (nSPS) is 16.3. The van der Waals surface area contributed by atoms with E-state index in [1.165, 1.54) is 24.9 Å². The fraction of sp³-hybridized carbons (Fsp3) is 0.370. The van der Waals surface area contributed by atoms with E-state index in [9.17, 15) is 0 Å². The number of nitrogens with zero attached hydrogens (tertiary/aromatic N) is 5. The summed E-state index contributed by atoms with van der Waals surface area (Å²) in [5.74, 6) is 1.59. The van der Waals surface area contributed by atoms with E-state index < -0.39 is 0 Å². The van der Waals surface area contributed by atoms with E-state index in [4.69, 9.17) is 4.98 Å². The molecule has 0 aliphatic carbocycles. The molecular weight excluding hydrogens is 422 g/mol. The lowest BCUT2D eigenvalue weighted by atomic mass is 9.95. The van der Waals surface area contributed by atoms with Gasteiger partial charge in [-0.05, 0) is 61.7 Å². The number of aliphatic imine (C=N–C) groups is 1. The number of piperidine rings is 1. The summed E-state index contributed by atoms with van der Waals surface area (Å²) in [4.78, 5) is 16.3. The van der Waals surface area contributed by atoms with Gasteiger partial charge in [-0.2, -0.15) is 0 Å². The van der Waals surface area contributed by atoms with Gasteiger partial charge in [0, 0.05) is 41.6 Å². The van der Waals surface area contributed by atoms with Crippen molar-refractivity contribution >= 4 is 28.8 Å². The first-order chi connectivity index (χ1) is 16.5. The van der Waals surface area contributed by atoms with Crippen LogP contribution >= 0.6 is 0 Å². The summed E-state index contributed by atoms with van der Waals surface area (Å²) in [7, 11) is 0. The van der Waals surface area contributed by atoms with Gasteiger partial charge in [0.15, 0.2) is 0 Å². The Morgan fingerprint density at radius 1 is 0.912 bits per heavy atom. The van der Waals surface area contributed by atoms with Gasteiger partial charge in [0.2, 0.25) is 5.95 Å². The van der Waals surface area contributed by atoms with Crippen LogP contribution in [-0.4, -0.2) is 35.6 Å². The summed E-state index contributed by atoms with van der Waals surface area (Å²) in [6.45, 7) is 9.36. The van der Waals surface area contributed by atoms with Gasteiger partial charge >= 0.3 is 0 Å². The summed E-state index contributed by atoms with van der Waals surface area (Å²) in [5.41, 5.74) is 8.72. The van der Waals surface area contributed by atoms with Gasteiger partial charge in [-0.3, -0.25) is 10.4 Å². The zero-order valence-corrected chi connectivity index (χ0v) is 20.3. The van der Waals surface area contributed by atoms with Crippen molar-refractivity contribution in [3.8, 4) is 11.3 Å². The summed E-state index contributed by atoms with van der Waals surface area (Å²) in [6, 6.07) is 18.9. The molecule has 3 aromatic rings. The fourth-order valence-corrected chi connectivity index (χ4v) is 4.34. The van der Waals surface area contributed by atoms with Crippen molar-refractivity contribution in [3.63, 3.8) is 0 Å². The molecule has 1 saturated heterocycles. The Labute approximate surface area is 201 Å². The Bertz CT molecular complexity index is 1160. The zero-order chi connectivity index (χ0) is 23.5. The van der Waals surface area contributed by atoms with Crippen LogP contribution in [0.25, 0.3) is 11.3 Å². The van der Waals surface area contributed by atoms with E-state index in [1.54, 1.807) is 0 Å². The van der Waals surface area contributed by atoms with Gasteiger partial charge in [0.25, 0.3) is 0 Å². The molecule has 0 atom stereocenters. The van der Waals surface area contributed by atoms with Gasteiger partial charge < -0.3 is 10.2 Å². The lowest BCUT2D eigenvalue weighted by Crippen LogP contribution is -2.41. The number of nitrogens with one attached hydrogen (secondary N) is 2. The Morgan fingerprint density at radius 3 is 2.44 bits per heavy atom. The number of aromatic nitrogens is 2.